The van der Waals surface area contributed by atoms with E-state index in [0.717, 1.165) is 6.42 Å². The monoisotopic (exact) mass is 241 g/mol. The van der Waals surface area contributed by atoms with Crippen molar-refractivity contribution >= 4 is 11.9 Å². The summed E-state index contributed by atoms with van der Waals surface area (Å²) in [4.78, 5) is 24.7. The maximum absolute atomic E-state index is 11.8. The van der Waals surface area contributed by atoms with Crippen LogP contribution in [0.15, 0.2) is 0 Å². The molecule has 1 rings (SSSR count). The molecule has 1 unspecified atom stereocenters. The summed E-state index contributed by atoms with van der Waals surface area (Å²) in [6.45, 7) is 8.17. The third-order valence-corrected chi connectivity index (χ3v) is 2.96. The molecule has 1 atom stereocenters. The van der Waals surface area contributed by atoms with Crippen molar-refractivity contribution in [3.05, 3.63) is 0 Å². The molecule has 0 aromatic heterocycles. The summed E-state index contributed by atoms with van der Waals surface area (Å²) >= 11 is 0. The van der Waals surface area contributed by atoms with E-state index in [0.29, 0.717) is 25.2 Å². The van der Waals surface area contributed by atoms with Crippen LogP contribution in [0.2, 0.25) is 0 Å². The van der Waals surface area contributed by atoms with E-state index >= 15 is 0 Å². The van der Waals surface area contributed by atoms with Crippen molar-refractivity contribution in [3.63, 3.8) is 0 Å². The van der Waals surface area contributed by atoms with Crippen LogP contribution in [0, 0.1) is 5.41 Å². The van der Waals surface area contributed by atoms with Gasteiger partial charge in [0.1, 0.15) is 11.4 Å². The van der Waals surface area contributed by atoms with Crippen LogP contribution in [-0.4, -0.2) is 36.0 Å². The average Bonchev–Trinajstić information content (AvgIpc) is 2.42. The van der Waals surface area contributed by atoms with Gasteiger partial charge in [0.25, 0.3) is 0 Å². The Morgan fingerprint density at radius 3 is 2.47 bits per heavy atom. The van der Waals surface area contributed by atoms with Crippen LogP contribution in [0.25, 0.3) is 0 Å². The third kappa shape index (κ3) is 4.36. The van der Waals surface area contributed by atoms with Gasteiger partial charge in [0, 0.05) is 26.4 Å². The van der Waals surface area contributed by atoms with Gasteiger partial charge in [-0.15, -0.1) is 0 Å². The number of hydrogen-bond donors (Lipinski definition) is 0. The minimum atomic E-state index is -0.474. The lowest BCUT2D eigenvalue weighted by Gasteiger charge is -2.31. The number of rotatable bonds is 2. The second kappa shape index (κ2) is 4.67. The van der Waals surface area contributed by atoms with Crippen LogP contribution in [0.3, 0.4) is 0 Å². The maximum atomic E-state index is 11.8. The number of carbonyl (C=O) groups excluding carboxylic acids is 2. The highest BCUT2D eigenvalue weighted by Crippen LogP contribution is 2.36. The highest BCUT2D eigenvalue weighted by atomic mass is 16.6. The Balaban J connectivity index is 2.51. The second-order valence-electron chi connectivity index (χ2n) is 6.36. The first-order valence-corrected chi connectivity index (χ1v) is 6.07. The Labute approximate surface area is 103 Å². The quantitative estimate of drug-likeness (QED) is 0.746. The Kier molecular flexibility index (Phi) is 3.84. The molecule has 4 nitrogen and oxygen atoms in total. The largest absolute Gasteiger partial charge is 0.444 e. The molecule has 0 aliphatic heterocycles. The molecular formula is C13H23NO3. The van der Waals surface area contributed by atoms with Gasteiger partial charge in [0.2, 0.25) is 0 Å². The van der Waals surface area contributed by atoms with E-state index in [9.17, 15) is 9.59 Å². The SMILES string of the molecule is CN(CC1(C)CCC(=O)C1)C(=O)OC(C)(C)C. The van der Waals surface area contributed by atoms with Crippen molar-refractivity contribution in [1.82, 2.24) is 4.90 Å². The van der Waals surface area contributed by atoms with Crippen LogP contribution in [-0.2, 0) is 9.53 Å². The summed E-state index contributed by atoms with van der Waals surface area (Å²) < 4.78 is 5.28. The van der Waals surface area contributed by atoms with Gasteiger partial charge in [-0.2, -0.15) is 0 Å². The highest BCUT2D eigenvalue weighted by molar-refractivity contribution is 5.81. The lowest BCUT2D eigenvalue weighted by molar-refractivity contribution is -0.118. The van der Waals surface area contributed by atoms with Crippen molar-refractivity contribution in [2.24, 2.45) is 5.41 Å². The van der Waals surface area contributed by atoms with Crippen LogP contribution in [0.5, 0.6) is 0 Å². The van der Waals surface area contributed by atoms with Crippen LogP contribution in [0.4, 0.5) is 4.79 Å². The summed E-state index contributed by atoms with van der Waals surface area (Å²) in [6.07, 6.45) is 1.75. The van der Waals surface area contributed by atoms with Gasteiger partial charge in [0.05, 0.1) is 0 Å². The van der Waals surface area contributed by atoms with Crippen molar-refractivity contribution < 1.29 is 14.3 Å². The molecule has 1 aliphatic carbocycles. The Hall–Kier alpha value is -1.06. The average molecular weight is 241 g/mol. The van der Waals surface area contributed by atoms with Gasteiger partial charge < -0.3 is 9.64 Å². The molecule has 0 heterocycles. The molecule has 98 valence electrons. The van der Waals surface area contributed by atoms with Gasteiger partial charge in [-0.05, 0) is 32.6 Å². The minimum absolute atomic E-state index is 0.0806. The lowest BCUT2D eigenvalue weighted by atomic mass is 9.88. The molecule has 0 radical (unpaired) electrons. The Morgan fingerprint density at radius 1 is 1.47 bits per heavy atom. The fourth-order valence-corrected chi connectivity index (χ4v) is 2.21. The van der Waals surface area contributed by atoms with E-state index in [1.165, 1.54) is 0 Å². The van der Waals surface area contributed by atoms with Crippen molar-refractivity contribution in [3.8, 4) is 0 Å². The van der Waals surface area contributed by atoms with Gasteiger partial charge in [-0.1, -0.05) is 6.92 Å². The fraction of sp³-hybridized carbons (Fsp3) is 0.846. The molecule has 0 spiro atoms. The zero-order chi connectivity index (χ0) is 13.3. The number of nitrogens with zero attached hydrogens (tertiary/aromatic N) is 1. The number of hydrogen-bond acceptors (Lipinski definition) is 3. The molecule has 17 heavy (non-hydrogen) atoms. The first kappa shape index (κ1) is 14.0. The smallest absolute Gasteiger partial charge is 0.410 e. The number of Topliss-reactive ketones (excluding diaryl/α,β-unsaturated/α-hetero) is 1. The number of ketones is 1. The van der Waals surface area contributed by atoms with Crippen LogP contribution in [0.1, 0.15) is 47.0 Å². The van der Waals surface area contributed by atoms with Crippen molar-refractivity contribution in [2.75, 3.05) is 13.6 Å². The molecule has 0 N–H and O–H groups in total. The second-order valence-corrected chi connectivity index (χ2v) is 6.36. The molecule has 0 bridgehead atoms. The predicted molar refractivity (Wildman–Crippen MR) is 65.8 cm³/mol. The zero-order valence-electron chi connectivity index (χ0n) is 11.5. The van der Waals surface area contributed by atoms with Gasteiger partial charge in [-0.3, -0.25) is 4.79 Å². The van der Waals surface area contributed by atoms with Gasteiger partial charge in [-0.25, -0.2) is 4.79 Å². The topological polar surface area (TPSA) is 46.6 Å². The van der Waals surface area contributed by atoms with Crippen molar-refractivity contribution in [2.45, 2.75) is 52.6 Å². The van der Waals surface area contributed by atoms with E-state index in [1.807, 2.05) is 20.8 Å². The van der Waals surface area contributed by atoms with Gasteiger partial charge in [0.15, 0.2) is 0 Å². The Bertz CT molecular complexity index is 319. The van der Waals surface area contributed by atoms with Crippen LogP contribution < -0.4 is 0 Å². The Morgan fingerprint density at radius 2 is 2.06 bits per heavy atom. The van der Waals surface area contributed by atoms with E-state index in [1.54, 1.807) is 11.9 Å². The summed E-state index contributed by atoms with van der Waals surface area (Å²) in [5.41, 5.74) is -0.555. The zero-order valence-corrected chi connectivity index (χ0v) is 11.5. The molecule has 1 aliphatic rings. The highest BCUT2D eigenvalue weighted by Gasteiger charge is 2.36. The molecule has 0 aromatic carbocycles. The first-order valence-electron chi connectivity index (χ1n) is 6.07. The summed E-state index contributed by atoms with van der Waals surface area (Å²) in [5, 5.41) is 0. The van der Waals surface area contributed by atoms with Crippen LogP contribution >= 0.6 is 0 Å². The van der Waals surface area contributed by atoms with E-state index in [-0.39, 0.29) is 11.5 Å². The summed E-state index contributed by atoms with van der Waals surface area (Å²) in [7, 11) is 1.72. The molecule has 0 saturated heterocycles. The third-order valence-electron chi connectivity index (χ3n) is 2.96. The maximum Gasteiger partial charge on any atom is 0.410 e. The fourth-order valence-electron chi connectivity index (χ4n) is 2.21. The molecule has 1 amide bonds. The number of ether oxygens (including phenoxy) is 1. The predicted octanol–water partition coefficient (Wildman–Crippen LogP) is 2.61. The molecule has 0 aromatic rings. The molecule has 1 fully saturated rings. The minimum Gasteiger partial charge on any atom is -0.444 e. The molecular weight excluding hydrogens is 218 g/mol. The van der Waals surface area contributed by atoms with E-state index in [4.69, 9.17) is 4.74 Å². The van der Waals surface area contributed by atoms with Gasteiger partial charge >= 0.3 is 6.09 Å². The summed E-state index contributed by atoms with van der Waals surface area (Å²) in [6, 6.07) is 0. The van der Waals surface area contributed by atoms with Crippen molar-refractivity contribution in [1.29, 1.82) is 0 Å². The summed E-state index contributed by atoms with van der Waals surface area (Å²) in [5.74, 6) is 0.296. The normalized spacial score (nSPS) is 24.9. The van der Waals surface area contributed by atoms with E-state index < -0.39 is 5.60 Å². The van der Waals surface area contributed by atoms with E-state index in [2.05, 4.69) is 6.92 Å². The molecule has 1 saturated carbocycles. The standard InChI is InChI=1S/C13H23NO3/c1-12(2,3)17-11(16)14(5)9-13(4)7-6-10(15)8-13/h6-9H2,1-5H3. The lowest BCUT2D eigenvalue weighted by Crippen LogP contribution is -2.39. The number of amides is 1. The molecule has 4 heteroatoms. The first-order chi connectivity index (χ1) is 7.61. The number of carbonyl (C=O) groups is 2.